The summed E-state index contributed by atoms with van der Waals surface area (Å²) in [5.74, 6) is 1.15. The lowest BCUT2D eigenvalue weighted by Crippen LogP contribution is -2.45. The highest BCUT2D eigenvalue weighted by Crippen LogP contribution is 2.20. The second kappa shape index (κ2) is 5.96. The van der Waals surface area contributed by atoms with E-state index in [1.54, 1.807) is 0 Å². The Bertz CT molecular complexity index is 676. The largest absolute Gasteiger partial charge is 0.381 e. The van der Waals surface area contributed by atoms with Crippen molar-refractivity contribution in [2.24, 2.45) is 4.99 Å². The predicted octanol–water partition coefficient (Wildman–Crippen LogP) is 1.44. The van der Waals surface area contributed by atoms with Crippen LogP contribution in [0.25, 0.3) is 10.9 Å². The van der Waals surface area contributed by atoms with Gasteiger partial charge in [0.2, 0.25) is 0 Å². The molecule has 0 unspecified atom stereocenters. The van der Waals surface area contributed by atoms with Crippen LogP contribution < -0.4 is 10.6 Å². The Morgan fingerprint density at radius 2 is 2.36 bits per heavy atom. The summed E-state index contributed by atoms with van der Waals surface area (Å²) in [5, 5.41) is 15.3. The third kappa shape index (κ3) is 2.92. The number of amidine groups is 1. The Labute approximate surface area is 130 Å². The third-order valence-corrected chi connectivity index (χ3v) is 4.43. The summed E-state index contributed by atoms with van der Waals surface area (Å²) in [5.41, 5.74) is 2.26. The van der Waals surface area contributed by atoms with Gasteiger partial charge in [-0.25, -0.2) is 0 Å². The Balaban J connectivity index is 1.39. The second-order valence-electron chi connectivity index (χ2n) is 6.15. The van der Waals surface area contributed by atoms with Crippen LogP contribution in [0.1, 0.15) is 12.8 Å². The molecule has 116 valence electrons. The molecule has 3 heterocycles. The van der Waals surface area contributed by atoms with E-state index in [0.29, 0.717) is 6.04 Å². The highest BCUT2D eigenvalue weighted by Gasteiger charge is 2.21. The molecule has 0 saturated carbocycles. The number of piperidine rings is 1. The maximum atomic E-state index is 4.50. The highest BCUT2D eigenvalue weighted by atomic mass is 15.2. The molecule has 22 heavy (non-hydrogen) atoms. The molecule has 0 radical (unpaired) electrons. The van der Waals surface area contributed by atoms with Gasteiger partial charge in [-0.2, -0.15) is 5.10 Å². The second-order valence-corrected chi connectivity index (χ2v) is 6.15. The van der Waals surface area contributed by atoms with E-state index in [9.17, 15) is 0 Å². The summed E-state index contributed by atoms with van der Waals surface area (Å²) in [4.78, 5) is 6.99. The molecule has 0 aliphatic carbocycles. The van der Waals surface area contributed by atoms with Crippen molar-refractivity contribution < 1.29 is 0 Å². The first-order valence-corrected chi connectivity index (χ1v) is 8.06. The predicted molar refractivity (Wildman–Crippen MR) is 89.5 cm³/mol. The van der Waals surface area contributed by atoms with Gasteiger partial charge in [-0.05, 0) is 37.6 Å². The Morgan fingerprint density at radius 3 is 3.27 bits per heavy atom. The van der Waals surface area contributed by atoms with Gasteiger partial charge < -0.3 is 10.6 Å². The molecule has 1 saturated heterocycles. The highest BCUT2D eigenvalue weighted by molar-refractivity contribution is 5.85. The number of nitrogens with zero attached hydrogens (tertiary/aromatic N) is 3. The lowest BCUT2D eigenvalue weighted by Gasteiger charge is -2.33. The minimum atomic E-state index is 0.500. The zero-order valence-corrected chi connectivity index (χ0v) is 12.7. The molecular weight excluding hydrogens is 276 g/mol. The maximum Gasteiger partial charge on any atom is 0.111 e. The first kappa shape index (κ1) is 13.6. The van der Waals surface area contributed by atoms with E-state index in [-0.39, 0.29) is 0 Å². The van der Waals surface area contributed by atoms with E-state index < -0.39 is 0 Å². The van der Waals surface area contributed by atoms with Crippen LogP contribution in [0.5, 0.6) is 0 Å². The number of hydrogen-bond acceptors (Lipinski definition) is 5. The molecular formula is C16H22N6. The topological polar surface area (TPSA) is 68.3 Å². The van der Waals surface area contributed by atoms with E-state index >= 15 is 0 Å². The van der Waals surface area contributed by atoms with Crippen LogP contribution in [0.4, 0.5) is 5.69 Å². The number of H-pyrrole nitrogens is 1. The number of hydrogen-bond donors (Lipinski definition) is 3. The fourth-order valence-electron chi connectivity index (χ4n) is 3.35. The maximum absolute atomic E-state index is 4.50. The number of rotatable bonds is 4. The fourth-order valence-corrected chi connectivity index (χ4v) is 3.35. The number of aliphatic imine (C=N–C) groups is 1. The number of anilines is 1. The molecule has 1 aromatic heterocycles. The van der Waals surface area contributed by atoms with Gasteiger partial charge in [0.05, 0.1) is 24.8 Å². The van der Waals surface area contributed by atoms with Crippen LogP contribution >= 0.6 is 0 Å². The number of aromatic nitrogens is 2. The molecule has 4 rings (SSSR count). The van der Waals surface area contributed by atoms with Crippen LogP contribution in [0, 0.1) is 0 Å². The van der Waals surface area contributed by atoms with Gasteiger partial charge >= 0.3 is 0 Å². The quantitative estimate of drug-likeness (QED) is 0.799. The number of fused-ring (bicyclic) bond motifs is 1. The van der Waals surface area contributed by atoms with Crippen LogP contribution in [0.15, 0.2) is 29.4 Å². The number of aromatic amines is 1. The number of nitrogens with one attached hydrogen (secondary N) is 3. The fraction of sp³-hybridized carbons (Fsp3) is 0.500. The molecule has 1 aromatic carbocycles. The van der Waals surface area contributed by atoms with Crippen molar-refractivity contribution in [3.63, 3.8) is 0 Å². The molecule has 1 atom stereocenters. The standard InChI is InChI=1S/C16H22N6/c1-2-14(10-22(7-1)11-16-17-5-6-18-16)20-13-3-4-15-12(8-13)9-19-21-15/h3-4,8-9,14,20H,1-2,5-7,10-11H2,(H,17,18)(H,19,21)/t14-/m1/s1. The van der Waals surface area contributed by atoms with Crippen molar-refractivity contribution in [3.05, 3.63) is 24.4 Å². The molecule has 0 spiro atoms. The summed E-state index contributed by atoms with van der Waals surface area (Å²) < 4.78 is 0. The SMILES string of the molecule is c1cc2[nH]ncc2cc1N[C@@H]1CCCN(CC2=NCCN2)C1. The zero-order valence-electron chi connectivity index (χ0n) is 12.7. The van der Waals surface area contributed by atoms with Crippen LogP contribution in [0.2, 0.25) is 0 Å². The van der Waals surface area contributed by atoms with E-state index in [2.05, 4.69) is 48.9 Å². The summed E-state index contributed by atoms with van der Waals surface area (Å²) in [6.07, 6.45) is 4.33. The van der Waals surface area contributed by atoms with Crippen LogP contribution in [-0.4, -0.2) is 59.7 Å². The van der Waals surface area contributed by atoms with Crippen LogP contribution in [-0.2, 0) is 0 Å². The summed E-state index contributed by atoms with van der Waals surface area (Å²) >= 11 is 0. The monoisotopic (exact) mass is 298 g/mol. The first-order valence-electron chi connectivity index (χ1n) is 8.06. The molecule has 6 heteroatoms. The van der Waals surface area contributed by atoms with Gasteiger partial charge in [0.25, 0.3) is 0 Å². The number of benzene rings is 1. The summed E-state index contributed by atoms with van der Waals surface area (Å²) in [6.45, 7) is 5.12. The molecule has 1 fully saturated rings. The van der Waals surface area contributed by atoms with Crippen molar-refractivity contribution in [3.8, 4) is 0 Å². The Morgan fingerprint density at radius 1 is 1.36 bits per heavy atom. The lowest BCUT2D eigenvalue weighted by molar-refractivity contribution is 0.242. The lowest BCUT2D eigenvalue weighted by atomic mass is 10.0. The minimum Gasteiger partial charge on any atom is -0.381 e. The van der Waals surface area contributed by atoms with E-state index in [0.717, 1.165) is 42.9 Å². The third-order valence-electron chi connectivity index (χ3n) is 4.43. The first-order chi connectivity index (χ1) is 10.9. The van der Waals surface area contributed by atoms with Crippen molar-refractivity contribution in [1.82, 2.24) is 20.4 Å². The van der Waals surface area contributed by atoms with Crippen LogP contribution in [0.3, 0.4) is 0 Å². The summed E-state index contributed by atoms with van der Waals surface area (Å²) in [6, 6.07) is 6.88. The normalized spacial score (nSPS) is 22.5. The van der Waals surface area contributed by atoms with E-state index in [1.165, 1.54) is 25.1 Å². The smallest absolute Gasteiger partial charge is 0.111 e. The molecule has 2 aliphatic heterocycles. The molecule has 2 aliphatic rings. The van der Waals surface area contributed by atoms with Gasteiger partial charge in [0.15, 0.2) is 0 Å². The minimum absolute atomic E-state index is 0.500. The van der Waals surface area contributed by atoms with Crippen molar-refractivity contribution in [1.29, 1.82) is 0 Å². The zero-order chi connectivity index (χ0) is 14.8. The van der Waals surface area contributed by atoms with Gasteiger partial charge in [0.1, 0.15) is 5.84 Å². The van der Waals surface area contributed by atoms with Crippen molar-refractivity contribution in [2.75, 3.05) is 38.0 Å². The van der Waals surface area contributed by atoms with E-state index in [1.807, 2.05) is 6.20 Å². The van der Waals surface area contributed by atoms with Crippen molar-refractivity contribution in [2.45, 2.75) is 18.9 Å². The molecule has 2 aromatic rings. The summed E-state index contributed by atoms with van der Waals surface area (Å²) in [7, 11) is 0. The number of likely N-dealkylation sites (tertiary alicyclic amines) is 1. The van der Waals surface area contributed by atoms with Crippen molar-refractivity contribution >= 4 is 22.4 Å². The van der Waals surface area contributed by atoms with Gasteiger partial charge in [-0.15, -0.1) is 0 Å². The van der Waals surface area contributed by atoms with Gasteiger partial charge in [-0.1, -0.05) is 0 Å². The van der Waals surface area contributed by atoms with E-state index in [4.69, 9.17) is 0 Å². The molecule has 0 bridgehead atoms. The average molecular weight is 298 g/mol. The average Bonchev–Trinajstić information content (AvgIpc) is 3.18. The Hall–Kier alpha value is -2.08. The Kier molecular flexibility index (Phi) is 3.68. The van der Waals surface area contributed by atoms with Gasteiger partial charge in [-0.3, -0.25) is 15.0 Å². The molecule has 3 N–H and O–H groups in total. The molecule has 6 nitrogen and oxygen atoms in total. The van der Waals surface area contributed by atoms with Gasteiger partial charge in [0, 0.05) is 30.2 Å². The molecule has 0 amide bonds.